The molecule has 1 aliphatic heterocycles. The molecule has 25 heavy (non-hydrogen) atoms. The van der Waals surface area contributed by atoms with Crippen molar-refractivity contribution < 1.29 is 19.2 Å². The van der Waals surface area contributed by atoms with E-state index in [0.29, 0.717) is 22.7 Å². The Labute approximate surface area is 142 Å². The van der Waals surface area contributed by atoms with Crippen LogP contribution >= 0.6 is 0 Å². The van der Waals surface area contributed by atoms with Crippen LogP contribution in [0, 0.1) is 17.0 Å². The molecule has 0 saturated carbocycles. The molecule has 2 amide bonds. The number of rotatable bonds is 3. The third kappa shape index (κ3) is 3.27. The van der Waals surface area contributed by atoms with Crippen molar-refractivity contribution >= 4 is 28.9 Å². The highest BCUT2D eigenvalue weighted by Gasteiger charge is 2.24. The van der Waals surface area contributed by atoms with Crippen molar-refractivity contribution in [2.75, 3.05) is 10.6 Å². The van der Waals surface area contributed by atoms with Gasteiger partial charge in [-0.15, -0.1) is 0 Å². The van der Waals surface area contributed by atoms with Gasteiger partial charge in [-0.25, -0.2) is 0 Å². The van der Waals surface area contributed by atoms with E-state index in [-0.39, 0.29) is 17.2 Å². The normalized spacial score (nSPS) is 15.6. The van der Waals surface area contributed by atoms with Crippen LogP contribution in [0.4, 0.5) is 17.1 Å². The van der Waals surface area contributed by atoms with E-state index in [1.54, 1.807) is 32.0 Å². The minimum atomic E-state index is -0.582. The molecule has 2 N–H and O–H groups in total. The van der Waals surface area contributed by atoms with E-state index < -0.39 is 16.9 Å². The van der Waals surface area contributed by atoms with Gasteiger partial charge in [-0.2, -0.15) is 0 Å². The van der Waals surface area contributed by atoms with Crippen molar-refractivity contribution in [2.24, 2.45) is 0 Å². The number of benzene rings is 2. The summed E-state index contributed by atoms with van der Waals surface area (Å²) in [6, 6.07) is 9.11. The fourth-order valence-corrected chi connectivity index (χ4v) is 2.44. The van der Waals surface area contributed by atoms with E-state index >= 15 is 0 Å². The molecule has 1 heterocycles. The number of nitrogens with one attached hydrogen (secondary N) is 2. The molecule has 0 radical (unpaired) electrons. The second-order valence-electron chi connectivity index (χ2n) is 5.67. The number of fused-ring (bicyclic) bond motifs is 1. The smallest absolute Gasteiger partial charge is 0.273 e. The highest BCUT2D eigenvalue weighted by atomic mass is 16.6. The summed E-state index contributed by atoms with van der Waals surface area (Å²) < 4.78 is 5.44. The standard InChI is InChI=1S/C17H15N3O5/c1-9-3-4-11(7-14(9)20(23)24)17(22)18-12-5-6-15-13(8-12)19-16(21)10(2)25-15/h3-8,10H,1-2H3,(H,18,22)(H,19,21). The Morgan fingerprint density at radius 1 is 1.28 bits per heavy atom. The summed E-state index contributed by atoms with van der Waals surface area (Å²) in [5.74, 6) is -0.249. The summed E-state index contributed by atoms with van der Waals surface area (Å²) in [5.41, 5.74) is 1.42. The number of ether oxygens (including phenoxy) is 1. The number of nitro groups is 1. The molecule has 1 aliphatic rings. The minimum Gasteiger partial charge on any atom is -0.479 e. The molecule has 8 nitrogen and oxygen atoms in total. The Bertz CT molecular complexity index is 894. The van der Waals surface area contributed by atoms with Gasteiger partial charge in [0.2, 0.25) is 0 Å². The topological polar surface area (TPSA) is 111 Å². The Morgan fingerprint density at radius 2 is 2.04 bits per heavy atom. The monoisotopic (exact) mass is 341 g/mol. The van der Waals surface area contributed by atoms with Gasteiger partial charge >= 0.3 is 0 Å². The molecule has 2 aromatic carbocycles. The van der Waals surface area contributed by atoms with Gasteiger partial charge in [0.05, 0.1) is 10.6 Å². The number of carbonyl (C=O) groups excluding carboxylic acids is 2. The second kappa shape index (κ2) is 6.23. The summed E-state index contributed by atoms with van der Waals surface area (Å²) in [6.07, 6.45) is -0.582. The lowest BCUT2D eigenvalue weighted by atomic mass is 10.1. The molecule has 0 bridgehead atoms. The molecule has 1 atom stereocenters. The quantitative estimate of drug-likeness (QED) is 0.659. The van der Waals surface area contributed by atoms with Crippen LogP contribution in [0.25, 0.3) is 0 Å². The molecule has 1 unspecified atom stereocenters. The number of hydrogen-bond donors (Lipinski definition) is 2. The van der Waals surface area contributed by atoms with Crippen LogP contribution in [-0.2, 0) is 4.79 Å². The predicted molar refractivity (Wildman–Crippen MR) is 90.9 cm³/mol. The van der Waals surface area contributed by atoms with Crippen molar-refractivity contribution in [2.45, 2.75) is 20.0 Å². The first-order chi connectivity index (χ1) is 11.8. The van der Waals surface area contributed by atoms with Crippen LogP contribution in [0.3, 0.4) is 0 Å². The number of nitro benzene ring substituents is 1. The van der Waals surface area contributed by atoms with Crippen molar-refractivity contribution in [3.8, 4) is 5.75 Å². The maximum atomic E-state index is 12.3. The van der Waals surface area contributed by atoms with E-state index in [0.717, 1.165) is 0 Å². The van der Waals surface area contributed by atoms with Gasteiger partial charge in [-0.1, -0.05) is 6.07 Å². The molecule has 0 fully saturated rings. The molecule has 8 heteroatoms. The Kier molecular flexibility index (Phi) is 4.10. The van der Waals surface area contributed by atoms with E-state index in [2.05, 4.69) is 10.6 Å². The van der Waals surface area contributed by atoms with Gasteiger partial charge in [0.1, 0.15) is 5.75 Å². The summed E-state index contributed by atoms with van der Waals surface area (Å²) in [6.45, 7) is 3.24. The van der Waals surface area contributed by atoms with Crippen LogP contribution < -0.4 is 15.4 Å². The first-order valence-corrected chi connectivity index (χ1v) is 7.53. The summed E-state index contributed by atoms with van der Waals surface area (Å²) in [4.78, 5) is 34.5. The maximum Gasteiger partial charge on any atom is 0.273 e. The fourth-order valence-electron chi connectivity index (χ4n) is 2.44. The number of amides is 2. The zero-order chi connectivity index (χ0) is 18.1. The zero-order valence-corrected chi connectivity index (χ0v) is 13.5. The van der Waals surface area contributed by atoms with Crippen molar-refractivity contribution in [1.82, 2.24) is 0 Å². The lowest BCUT2D eigenvalue weighted by molar-refractivity contribution is -0.385. The van der Waals surface area contributed by atoms with Gasteiger partial charge in [-0.3, -0.25) is 19.7 Å². The van der Waals surface area contributed by atoms with Gasteiger partial charge in [0.25, 0.3) is 17.5 Å². The fraction of sp³-hybridized carbons (Fsp3) is 0.176. The Hall–Kier alpha value is -3.42. The average molecular weight is 341 g/mol. The molecule has 0 aromatic heterocycles. The zero-order valence-electron chi connectivity index (χ0n) is 13.5. The van der Waals surface area contributed by atoms with Gasteiger partial charge in [0.15, 0.2) is 6.10 Å². The molecule has 3 rings (SSSR count). The lowest BCUT2D eigenvalue weighted by Crippen LogP contribution is -2.34. The number of carbonyl (C=O) groups is 2. The van der Waals surface area contributed by atoms with E-state index in [4.69, 9.17) is 4.74 Å². The van der Waals surface area contributed by atoms with Gasteiger partial charge in [0, 0.05) is 22.9 Å². The van der Waals surface area contributed by atoms with Crippen LogP contribution in [0.1, 0.15) is 22.8 Å². The molecule has 0 saturated heterocycles. The second-order valence-corrected chi connectivity index (χ2v) is 5.67. The van der Waals surface area contributed by atoms with Crippen molar-refractivity contribution in [1.29, 1.82) is 0 Å². The molecular formula is C17H15N3O5. The van der Waals surface area contributed by atoms with Crippen molar-refractivity contribution in [3.05, 3.63) is 57.6 Å². The number of aryl methyl sites for hydroxylation is 1. The van der Waals surface area contributed by atoms with E-state index in [1.807, 2.05) is 0 Å². The first kappa shape index (κ1) is 16.4. The molecule has 2 aromatic rings. The molecule has 128 valence electrons. The molecular weight excluding hydrogens is 326 g/mol. The number of hydrogen-bond acceptors (Lipinski definition) is 5. The number of anilines is 2. The summed E-state index contributed by atoms with van der Waals surface area (Å²) in [5, 5.41) is 16.3. The third-order valence-corrected chi connectivity index (χ3v) is 3.84. The first-order valence-electron chi connectivity index (χ1n) is 7.53. The highest BCUT2D eigenvalue weighted by molar-refractivity contribution is 6.05. The summed E-state index contributed by atoms with van der Waals surface area (Å²) in [7, 11) is 0. The van der Waals surface area contributed by atoms with Gasteiger partial charge < -0.3 is 15.4 Å². The average Bonchev–Trinajstić information content (AvgIpc) is 2.56. The largest absolute Gasteiger partial charge is 0.479 e. The molecule has 0 aliphatic carbocycles. The molecule has 0 spiro atoms. The lowest BCUT2D eigenvalue weighted by Gasteiger charge is -2.23. The number of nitrogens with zero attached hydrogens (tertiary/aromatic N) is 1. The SMILES string of the molecule is Cc1ccc(C(=O)Nc2ccc3c(c2)NC(=O)C(C)O3)cc1[N+](=O)[O-]. The van der Waals surface area contributed by atoms with Crippen molar-refractivity contribution in [3.63, 3.8) is 0 Å². The summed E-state index contributed by atoms with van der Waals surface area (Å²) >= 11 is 0. The Morgan fingerprint density at radius 3 is 2.76 bits per heavy atom. The van der Waals surface area contributed by atoms with Gasteiger partial charge in [-0.05, 0) is 38.1 Å². The third-order valence-electron chi connectivity index (χ3n) is 3.84. The van der Waals surface area contributed by atoms with Crippen LogP contribution in [0.5, 0.6) is 5.75 Å². The van der Waals surface area contributed by atoms with Crippen LogP contribution in [0.15, 0.2) is 36.4 Å². The maximum absolute atomic E-state index is 12.3. The van der Waals surface area contributed by atoms with Crippen LogP contribution in [-0.4, -0.2) is 22.8 Å². The van der Waals surface area contributed by atoms with E-state index in [9.17, 15) is 19.7 Å². The Balaban J connectivity index is 1.82. The highest BCUT2D eigenvalue weighted by Crippen LogP contribution is 2.32. The van der Waals surface area contributed by atoms with Crippen LogP contribution in [0.2, 0.25) is 0 Å². The predicted octanol–water partition coefficient (Wildman–Crippen LogP) is 2.87. The minimum absolute atomic E-state index is 0.118. The van der Waals surface area contributed by atoms with E-state index in [1.165, 1.54) is 18.2 Å².